The van der Waals surface area contributed by atoms with Crippen molar-refractivity contribution < 1.29 is 0 Å². The van der Waals surface area contributed by atoms with Crippen LogP contribution in [-0.2, 0) is 0 Å². The van der Waals surface area contributed by atoms with E-state index in [-0.39, 0.29) is 0 Å². The van der Waals surface area contributed by atoms with Crippen molar-refractivity contribution in [3.63, 3.8) is 0 Å². The van der Waals surface area contributed by atoms with Crippen LogP contribution in [0, 0.1) is 0 Å². The lowest BCUT2D eigenvalue weighted by Gasteiger charge is -2.09. The van der Waals surface area contributed by atoms with Gasteiger partial charge in [-0.3, -0.25) is 0 Å². The highest BCUT2D eigenvalue weighted by Crippen LogP contribution is 2.50. The van der Waals surface area contributed by atoms with Crippen LogP contribution in [0.2, 0.25) is 0 Å². The summed E-state index contributed by atoms with van der Waals surface area (Å²) in [5, 5.41) is 5.24. The zero-order valence-electron chi connectivity index (χ0n) is 15.4. The van der Waals surface area contributed by atoms with E-state index < -0.39 is 0 Å². The summed E-state index contributed by atoms with van der Waals surface area (Å²) in [6, 6.07) is 37.2. The van der Waals surface area contributed by atoms with Crippen molar-refractivity contribution in [3.05, 3.63) is 120 Å². The summed E-state index contributed by atoms with van der Waals surface area (Å²) in [7, 11) is 0. The van der Waals surface area contributed by atoms with Gasteiger partial charge in [0.2, 0.25) is 0 Å². The van der Waals surface area contributed by atoms with Crippen molar-refractivity contribution in [2.75, 3.05) is 0 Å². The molecule has 0 N–H and O–H groups in total. The lowest BCUT2D eigenvalue weighted by Crippen LogP contribution is -1.83. The Kier molecular flexibility index (Phi) is 3.27. The molecule has 0 heterocycles. The van der Waals surface area contributed by atoms with Gasteiger partial charge in [-0.05, 0) is 61.0 Å². The second-order valence-corrected chi connectivity index (χ2v) is 7.39. The van der Waals surface area contributed by atoms with Crippen LogP contribution in [0.3, 0.4) is 0 Å². The van der Waals surface area contributed by atoms with Crippen molar-refractivity contribution in [2.45, 2.75) is 0 Å². The van der Waals surface area contributed by atoms with Gasteiger partial charge in [-0.1, -0.05) is 103 Å². The molecule has 0 heteroatoms. The molecule has 0 unspecified atom stereocenters. The average Bonchev–Trinajstić information content (AvgIpc) is 3.09. The SMILES string of the molecule is C(=C1c2ccc3ccccc3c2-c2c1ccc1ccccc21)c1ccccc1. The molecule has 0 aromatic heterocycles. The molecule has 5 aromatic carbocycles. The predicted molar refractivity (Wildman–Crippen MR) is 120 cm³/mol. The second kappa shape index (κ2) is 5.94. The third-order valence-corrected chi connectivity index (χ3v) is 5.80. The van der Waals surface area contributed by atoms with Crippen molar-refractivity contribution in [1.82, 2.24) is 0 Å². The molecule has 0 saturated carbocycles. The summed E-state index contributed by atoms with van der Waals surface area (Å²) in [5.74, 6) is 0. The lowest BCUT2D eigenvalue weighted by molar-refractivity contribution is 1.65. The quantitative estimate of drug-likeness (QED) is 0.286. The van der Waals surface area contributed by atoms with Crippen molar-refractivity contribution in [1.29, 1.82) is 0 Å². The highest BCUT2D eigenvalue weighted by atomic mass is 14.3. The number of rotatable bonds is 1. The van der Waals surface area contributed by atoms with E-state index in [1.807, 2.05) is 0 Å². The van der Waals surface area contributed by atoms with Gasteiger partial charge < -0.3 is 0 Å². The largest absolute Gasteiger partial charge is 0.0622 e. The molecule has 0 nitrogen and oxygen atoms in total. The standard InChI is InChI=1S/C28H18/c1-2-8-19(9-3-1)18-26-24-16-14-20-10-4-6-12-22(20)27(24)28-23-13-7-5-11-21(23)15-17-25(26)28/h1-18H. The van der Waals surface area contributed by atoms with E-state index in [0.29, 0.717) is 0 Å². The first kappa shape index (κ1) is 15.4. The number of hydrogen-bond donors (Lipinski definition) is 0. The van der Waals surface area contributed by atoms with Gasteiger partial charge >= 0.3 is 0 Å². The summed E-state index contributed by atoms with van der Waals surface area (Å²) in [6.45, 7) is 0. The Balaban J connectivity index is 1.78. The van der Waals surface area contributed by atoms with E-state index in [9.17, 15) is 0 Å². The molecule has 1 aliphatic carbocycles. The fraction of sp³-hybridized carbons (Fsp3) is 0. The van der Waals surface area contributed by atoms with Crippen LogP contribution in [-0.4, -0.2) is 0 Å². The molecular formula is C28H18. The Labute approximate surface area is 164 Å². The topological polar surface area (TPSA) is 0 Å². The molecule has 0 saturated heterocycles. The molecule has 0 bridgehead atoms. The Hall–Kier alpha value is -3.64. The van der Waals surface area contributed by atoms with Gasteiger partial charge in [0, 0.05) is 0 Å². The maximum absolute atomic E-state index is 2.33. The first-order chi connectivity index (χ1) is 13.9. The van der Waals surface area contributed by atoms with Gasteiger partial charge in [0.05, 0.1) is 0 Å². The summed E-state index contributed by atoms with van der Waals surface area (Å²) < 4.78 is 0. The Morgan fingerprint density at radius 1 is 0.429 bits per heavy atom. The molecule has 28 heavy (non-hydrogen) atoms. The minimum Gasteiger partial charge on any atom is -0.0622 e. The first-order valence-corrected chi connectivity index (χ1v) is 9.71. The average molecular weight is 354 g/mol. The molecule has 0 atom stereocenters. The molecule has 5 aromatic rings. The number of fused-ring (bicyclic) bond motifs is 7. The Bertz CT molecular complexity index is 1300. The number of hydrogen-bond acceptors (Lipinski definition) is 0. The van der Waals surface area contributed by atoms with Crippen molar-refractivity contribution in [2.24, 2.45) is 0 Å². The van der Waals surface area contributed by atoms with Crippen molar-refractivity contribution >= 4 is 33.2 Å². The fourth-order valence-corrected chi connectivity index (χ4v) is 4.55. The van der Waals surface area contributed by atoms with Crippen LogP contribution in [0.15, 0.2) is 103 Å². The molecule has 0 radical (unpaired) electrons. The smallest absolute Gasteiger partial charge is 0.00141 e. The van der Waals surface area contributed by atoms with Crippen LogP contribution >= 0.6 is 0 Å². The zero-order chi connectivity index (χ0) is 18.5. The maximum Gasteiger partial charge on any atom is -0.00141 e. The highest BCUT2D eigenvalue weighted by Gasteiger charge is 2.26. The third kappa shape index (κ3) is 2.18. The third-order valence-electron chi connectivity index (χ3n) is 5.80. The molecule has 130 valence electrons. The van der Waals surface area contributed by atoms with Crippen LogP contribution in [0.25, 0.3) is 44.3 Å². The van der Waals surface area contributed by atoms with Crippen LogP contribution in [0.1, 0.15) is 16.7 Å². The molecule has 0 spiro atoms. The molecule has 6 rings (SSSR count). The van der Waals surface area contributed by atoms with Crippen LogP contribution in [0.4, 0.5) is 0 Å². The van der Waals surface area contributed by atoms with Crippen LogP contribution in [0.5, 0.6) is 0 Å². The molecular weight excluding hydrogens is 336 g/mol. The molecule has 1 aliphatic rings. The van der Waals surface area contributed by atoms with E-state index in [1.165, 1.54) is 54.9 Å². The highest BCUT2D eigenvalue weighted by molar-refractivity contribution is 6.20. The summed E-state index contributed by atoms with van der Waals surface area (Å²) in [5.41, 5.74) is 7.94. The Morgan fingerprint density at radius 3 is 1.50 bits per heavy atom. The summed E-state index contributed by atoms with van der Waals surface area (Å²) in [4.78, 5) is 0. The van der Waals surface area contributed by atoms with Gasteiger partial charge in [-0.15, -0.1) is 0 Å². The fourth-order valence-electron chi connectivity index (χ4n) is 4.55. The van der Waals surface area contributed by atoms with E-state index in [4.69, 9.17) is 0 Å². The summed E-state index contributed by atoms with van der Waals surface area (Å²) in [6.07, 6.45) is 2.33. The van der Waals surface area contributed by atoms with Gasteiger partial charge in [0.15, 0.2) is 0 Å². The molecule has 0 aliphatic heterocycles. The van der Waals surface area contributed by atoms with E-state index in [1.54, 1.807) is 0 Å². The minimum absolute atomic E-state index is 1.23. The van der Waals surface area contributed by atoms with Crippen LogP contribution < -0.4 is 0 Å². The lowest BCUT2D eigenvalue weighted by atomic mass is 9.94. The van der Waals surface area contributed by atoms with E-state index in [2.05, 4.69) is 109 Å². The summed E-state index contributed by atoms with van der Waals surface area (Å²) >= 11 is 0. The predicted octanol–water partition coefficient (Wildman–Crippen LogP) is 7.56. The normalized spacial score (nSPS) is 12.2. The zero-order valence-corrected chi connectivity index (χ0v) is 15.4. The van der Waals surface area contributed by atoms with Gasteiger partial charge in [0.1, 0.15) is 0 Å². The first-order valence-electron chi connectivity index (χ1n) is 9.71. The Morgan fingerprint density at radius 2 is 0.929 bits per heavy atom. The van der Waals surface area contributed by atoms with Gasteiger partial charge in [-0.25, -0.2) is 0 Å². The maximum atomic E-state index is 2.33. The second-order valence-electron chi connectivity index (χ2n) is 7.39. The number of benzene rings is 5. The minimum atomic E-state index is 1.23. The van der Waals surface area contributed by atoms with Crippen molar-refractivity contribution in [3.8, 4) is 11.1 Å². The van der Waals surface area contributed by atoms with E-state index >= 15 is 0 Å². The van der Waals surface area contributed by atoms with E-state index in [0.717, 1.165) is 0 Å². The van der Waals surface area contributed by atoms with Gasteiger partial charge in [-0.2, -0.15) is 0 Å². The molecule has 0 amide bonds. The molecule has 0 fully saturated rings. The van der Waals surface area contributed by atoms with Gasteiger partial charge in [0.25, 0.3) is 0 Å². The monoisotopic (exact) mass is 354 g/mol.